The summed E-state index contributed by atoms with van der Waals surface area (Å²) >= 11 is 0. The molecule has 0 atom stereocenters. The zero-order valence-electron chi connectivity index (χ0n) is 13.9. The van der Waals surface area contributed by atoms with E-state index in [-0.39, 0.29) is 5.52 Å². The molecule has 0 aromatic carbocycles. The van der Waals surface area contributed by atoms with Crippen molar-refractivity contribution >= 4 is 21.8 Å². The van der Waals surface area contributed by atoms with Crippen molar-refractivity contribution in [2.45, 2.75) is 12.7 Å². The van der Waals surface area contributed by atoms with Crippen LogP contribution in [0.2, 0.25) is 0 Å². The first-order valence-electron chi connectivity index (χ1n) is 8.38. The number of pyridine rings is 2. The topological polar surface area (TPSA) is 56.2 Å². The van der Waals surface area contributed by atoms with Crippen molar-refractivity contribution < 1.29 is 22.3 Å². The van der Waals surface area contributed by atoms with Crippen molar-refractivity contribution in [1.82, 2.24) is 14.5 Å². The third-order valence-corrected chi connectivity index (χ3v) is 4.76. The van der Waals surface area contributed by atoms with E-state index in [1.165, 1.54) is 18.6 Å². The van der Waals surface area contributed by atoms with Crippen LogP contribution in [0.4, 0.5) is 13.2 Å². The molecule has 3 aromatic heterocycles. The van der Waals surface area contributed by atoms with Gasteiger partial charge in [0.2, 0.25) is 6.20 Å². The van der Waals surface area contributed by atoms with E-state index in [1.807, 2.05) is 0 Å². The maximum absolute atomic E-state index is 13.6. The molecule has 9 heteroatoms. The quantitative estimate of drug-likeness (QED) is 0.724. The van der Waals surface area contributed by atoms with E-state index in [1.54, 1.807) is 16.7 Å². The molecule has 4 rings (SSSR count). The normalized spacial score (nSPS) is 16.6. The largest absolute Gasteiger partial charge is 0.433 e. The molecule has 1 aliphatic heterocycles. The highest BCUT2D eigenvalue weighted by Crippen LogP contribution is 2.37. The highest BCUT2D eigenvalue weighted by atomic mass is 19.4. The summed E-state index contributed by atoms with van der Waals surface area (Å²) in [5.74, 6) is 0. The van der Waals surface area contributed by atoms with E-state index in [0.717, 1.165) is 13.1 Å². The van der Waals surface area contributed by atoms with Gasteiger partial charge in [-0.15, -0.1) is 0 Å². The Hall–Kier alpha value is -2.39. The molecular weight excluding hydrogens is 349 g/mol. The lowest BCUT2D eigenvalue weighted by molar-refractivity contribution is -0.492. The minimum Gasteiger partial charge on any atom is -0.379 e. The second-order valence-corrected chi connectivity index (χ2v) is 6.32. The third kappa shape index (κ3) is 2.97. The van der Waals surface area contributed by atoms with E-state index >= 15 is 0 Å². The fraction of sp³-hybridized carbons (Fsp3) is 0.412. The monoisotopic (exact) mass is 367 g/mol. The van der Waals surface area contributed by atoms with Crippen LogP contribution in [0.1, 0.15) is 5.69 Å². The standard InChI is InChI=1S/C17H18F3N4O2/c18-17(19,20)16-15-13(1-3-21-16)12-2-4-23(25)11-14(12)24(15)6-5-22-7-9-26-10-8-22/h1-4,11,21H,5-10H2/q+1. The van der Waals surface area contributed by atoms with E-state index in [2.05, 4.69) is 9.88 Å². The van der Waals surface area contributed by atoms with Crippen LogP contribution in [0, 0.1) is 4.91 Å². The Morgan fingerprint density at radius 2 is 1.92 bits per heavy atom. The first-order valence-corrected chi connectivity index (χ1v) is 8.38. The van der Waals surface area contributed by atoms with Crippen molar-refractivity contribution in [3.8, 4) is 0 Å². The fourth-order valence-corrected chi connectivity index (χ4v) is 3.53. The van der Waals surface area contributed by atoms with E-state index in [0.29, 0.717) is 47.0 Å². The summed E-state index contributed by atoms with van der Waals surface area (Å²) in [7, 11) is 0. The first kappa shape index (κ1) is 17.0. The minimum atomic E-state index is -4.52. The number of H-pyrrole nitrogens is 1. The molecule has 1 aliphatic rings. The summed E-state index contributed by atoms with van der Waals surface area (Å²) in [6, 6.07) is 3.18. The summed E-state index contributed by atoms with van der Waals surface area (Å²) in [6.45, 7) is 3.67. The fourth-order valence-electron chi connectivity index (χ4n) is 3.53. The van der Waals surface area contributed by atoms with Crippen LogP contribution in [0.5, 0.6) is 0 Å². The Morgan fingerprint density at radius 3 is 2.65 bits per heavy atom. The number of nitrogens with one attached hydrogen (secondary N) is 1. The molecule has 0 radical (unpaired) electrons. The molecule has 1 fully saturated rings. The summed E-state index contributed by atoms with van der Waals surface area (Å²) in [4.78, 5) is 16.2. The second-order valence-electron chi connectivity index (χ2n) is 6.32. The number of hydrogen-bond acceptors (Lipinski definition) is 3. The molecule has 0 saturated carbocycles. The highest BCUT2D eigenvalue weighted by molar-refractivity contribution is 6.08. The molecule has 4 heterocycles. The molecule has 138 valence electrons. The molecular formula is C17H18F3N4O2+. The summed E-state index contributed by atoms with van der Waals surface area (Å²) in [5.41, 5.74) is -0.226. The van der Waals surface area contributed by atoms with Crippen molar-refractivity contribution in [2.24, 2.45) is 0 Å². The zero-order valence-corrected chi connectivity index (χ0v) is 13.9. The number of fused-ring (bicyclic) bond motifs is 3. The second kappa shape index (κ2) is 6.40. The number of ether oxygens (including phenoxy) is 1. The molecule has 1 saturated heterocycles. The van der Waals surface area contributed by atoms with Crippen LogP contribution in [0.3, 0.4) is 0 Å². The maximum Gasteiger partial charge on any atom is 0.433 e. The summed E-state index contributed by atoms with van der Waals surface area (Å²) in [5, 5.41) is 1.11. The van der Waals surface area contributed by atoms with Crippen LogP contribution < -0.4 is 4.43 Å². The Kier molecular flexibility index (Phi) is 4.20. The van der Waals surface area contributed by atoms with Gasteiger partial charge in [0.15, 0.2) is 0 Å². The van der Waals surface area contributed by atoms with Crippen LogP contribution in [-0.4, -0.2) is 47.3 Å². The number of hydrogen-bond donors (Lipinski definition) is 1. The van der Waals surface area contributed by atoms with Gasteiger partial charge in [-0.1, -0.05) is 0 Å². The van der Waals surface area contributed by atoms with Crippen LogP contribution in [0.15, 0.2) is 30.7 Å². The number of rotatable bonds is 3. The van der Waals surface area contributed by atoms with Gasteiger partial charge in [0.25, 0.3) is 6.20 Å². The van der Waals surface area contributed by atoms with Crippen LogP contribution in [-0.2, 0) is 17.5 Å². The first-order chi connectivity index (χ1) is 12.4. The lowest BCUT2D eigenvalue weighted by atomic mass is 10.2. The molecule has 0 unspecified atom stereocenters. The third-order valence-electron chi connectivity index (χ3n) is 4.76. The predicted molar refractivity (Wildman–Crippen MR) is 89.4 cm³/mol. The zero-order chi connectivity index (χ0) is 18.3. The molecule has 3 aromatic rings. The number of aromatic nitrogens is 3. The molecule has 0 bridgehead atoms. The Balaban J connectivity index is 1.88. The van der Waals surface area contributed by atoms with Gasteiger partial charge in [-0.25, -0.2) is 0 Å². The number of halogens is 3. The summed E-state index contributed by atoms with van der Waals surface area (Å²) < 4.78 is 48.2. The molecule has 0 spiro atoms. The van der Waals surface area contributed by atoms with Gasteiger partial charge in [0.05, 0.1) is 23.2 Å². The maximum atomic E-state index is 13.6. The average Bonchev–Trinajstić information content (AvgIpc) is 2.92. The average molecular weight is 367 g/mol. The minimum absolute atomic E-state index is 0.0782. The molecule has 26 heavy (non-hydrogen) atoms. The van der Waals surface area contributed by atoms with Gasteiger partial charge >= 0.3 is 6.18 Å². The Labute approximate surface area is 146 Å². The molecule has 0 amide bonds. The summed E-state index contributed by atoms with van der Waals surface area (Å²) in [6.07, 6.45) is -0.597. The predicted octanol–water partition coefficient (Wildman–Crippen LogP) is 2.39. The molecule has 1 N–H and O–H groups in total. The number of aromatic amines is 1. The lowest BCUT2D eigenvalue weighted by Crippen LogP contribution is -2.38. The van der Waals surface area contributed by atoms with Gasteiger partial charge < -0.3 is 14.3 Å². The van der Waals surface area contributed by atoms with Gasteiger partial charge in [-0.05, 0) is 6.07 Å². The SMILES string of the molecule is O=[n+]1ccc2c3cc[nH]c(C(F)(F)F)c3n(CCN3CCOCC3)c2c1. The van der Waals surface area contributed by atoms with Crippen molar-refractivity contribution in [1.29, 1.82) is 0 Å². The Bertz CT molecular complexity index is 1000. The van der Waals surface area contributed by atoms with Gasteiger partial charge in [0.1, 0.15) is 11.2 Å². The van der Waals surface area contributed by atoms with Gasteiger partial charge in [0, 0.05) is 54.1 Å². The number of alkyl halides is 3. The van der Waals surface area contributed by atoms with E-state index in [4.69, 9.17) is 4.74 Å². The van der Waals surface area contributed by atoms with Crippen LogP contribution >= 0.6 is 0 Å². The highest BCUT2D eigenvalue weighted by Gasteiger charge is 2.36. The number of morpholine rings is 1. The lowest BCUT2D eigenvalue weighted by Gasteiger charge is -2.27. The van der Waals surface area contributed by atoms with Crippen molar-refractivity contribution in [3.05, 3.63) is 41.3 Å². The van der Waals surface area contributed by atoms with Crippen molar-refractivity contribution in [2.75, 3.05) is 32.8 Å². The van der Waals surface area contributed by atoms with Crippen molar-refractivity contribution in [3.63, 3.8) is 0 Å². The number of nitrogens with zero attached hydrogens (tertiary/aromatic N) is 3. The smallest absolute Gasteiger partial charge is 0.379 e. The van der Waals surface area contributed by atoms with E-state index in [9.17, 15) is 18.1 Å². The van der Waals surface area contributed by atoms with Gasteiger partial charge in [-0.3, -0.25) is 4.90 Å². The molecule has 0 aliphatic carbocycles. The van der Waals surface area contributed by atoms with Crippen LogP contribution in [0.25, 0.3) is 21.8 Å². The Morgan fingerprint density at radius 1 is 1.15 bits per heavy atom. The van der Waals surface area contributed by atoms with E-state index < -0.39 is 11.9 Å². The molecule has 6 nitrogen and oxygen atoms in total. The van der Waals surface area contributed by atoms with Gasteiger partial charge in [-0.2, -0.15) is 13.2 Å².